The minimum absolute atomic E-state index is 0.0278. The van der Waals surface area contributed by atoms with Gasteiger partial charge in [-0.15, -0.1) is 0 Å². The van der Waals surface area contributed by atoms with Crippen LogP contribution in [0.3, 0.4) is 0 Å². The van der Waals surface area contributed by atoms with E-state index in [1.54, 1.807) is 19.1 Å². The van der Waals surface area contributed by atoms with E-state index in [-0.39, 0.29) is 29.4 Å². The van der Waals surface area contributed by atoms with Gasteiger partial charge < -0.3 is 20.1 Å². The average Bonchev–Trinajstić information content (AvgIpc) is 2.94. The number of rotatable bonds is 2. The molecule has 0 amide bonds. The molecular formula is C10H10O4. The van der Waals surface area contributed by atoms with E-state index in [4.69, 9.17) is 9.84 Å². The third kappa shape index (κ3) is 1.04. The summed E-state index contributed by atoms with van der Waals surface area (Å²) in [6, 6.07) is 0. The number of hydrogen-bond acceptors (Lipinski definition) is 4. The maximum Gasteiger partial charge on any atom is 0.216 e. The molecule has 0 saturated heterocycles. The average molecular weight is 194 g/mol. The molecule has 0 aromatic heterocycles. The summed E-state index contributed by atoms with van der Waals surface area (Å²) in [5.74, 6) is 0.445. The molecule has 1 aliphatic heterocycles. The van der Waals surface area contributed by atoms with E-state index in [0.29, 0.717) is 11.3 Å². The molecule has 0 radical (unpaired) electrons. The summed E-state index contributed by atoms with van der Waals surface area (Å²) in [4.78, 5) is 0. The van der Waals surface area contributed by atoms with Gasteiger partial charge in [0.15, 0.2) is 11.5 Å². The van der Waals surface area contributed by atoms with Crippen molar-refractivity contribution in [1.29, 1.82) is 0 Å². The van der Waals surface area contributed by atoms with Crippen molar-refractivity contribution in [2.75, 3.05) is 0 Å². The topological polar surface area (TPSA) is 73.2 Å². The molecule has 0 aliphatic carbocycles. The summed E-state index contributed by atoms with van der Waals surface area (Å²) in [6.45, 7) is 1.44. The Hall–Kier alpha value is -1.68. The van der Waals surface area contributed by atoms with Crippen LogP contribution >= 0.6 is 0 Å². The molecule has 2 rings (SSSR count). The molecule has 0 fully saturated rings. The molecule has 74 valence electrons. The zero-order valence-corrected chi connectivity index (χ0v) is 7.61. The van der Waals surface area contributed by atoms with E-state index in [0.717, 1.165) is 0 Å². The van der Waals surface area contributed by atoms with Crippen molar-refractivity contribution in [2.24, 2.45) is 0 Å². The lowest BCUT2D eigenvalue weighted by Crippen LogP contribution is -1.87. The zero-order chi connectivity index (χ0) is 10.3. The van der Waals surface area contributed by atoms with Crippen molar-refractivity contribution < 1.29 is 20.1 Å². The Balaban J connectivity index is 2.68. The van der Waals surface area contributed by atoms with Crippen molar-refractivity contribution >= 4 is 6.08 Å². The summed E-state index contributed by atoms with van der Waals surface area (Å²) < 4.78 is 4.88. The standard InChI is InChI=1S/C10H10O4/c1-2-3-5-6(4-11)8(13)10-9(14-10)7(5)12/h2-3,11-13H,4H2,1H3. The van der Waals surface area contributed by atoms with Crippen molar-refractivity contribution in [3.63, 3.8) is 0 Å². The fourth-order valence-electron chi connectivity index (χ4n) is 1.42. The van der Waals surface area contributed by atoms with E-state index in [1.807, 2.05) is 0 Å². The minimum atomic E-state index is -0.338. The molecule has 0 atom stereocenters. The Morgan fingerprint density at radius 2 is 1.86 bits per heavy atom. The first-order chi connectivity index (χ1) is 6.70. The highest BCUT2D eigenvalue weighted by molar-refractivity contribution is 5.80. The highest BCUT2D eigenvalue weighted by Crippen LogP contribution is 2.61. The number of phenols is 2. The Morgan fingerprint density at radius 1 is 1.21 bits per heavy atom. The maximum absolute atomic E-state index is 9.62. The van der Waals surface area contributed by atoms with E-state index in [2.05, 4.69) is 0 Å². The first kappa shape index (κ1) is 8.90. The molecule has 1 aliphatic rings. The Morgan fingerprint density at radius 3 is 2.43 bits per heavy atom. The molecule has 0 saturated carbocycles. The number of fused-ring (bicyclic) bond motifs is 1. The predicted octanol–water partition coefficient (Wildman–Crippen LogP) is 1.73. The molecule has 1 aromatic carbocycles. The third-order valence-corrected chi connectivity index (χ3v) is 2.16. The Kier molecular flexibility index (Phi) is 1.86. The molecule has 1 aromatic rings. The normalized spacial score (nSPS) is 12.7. The highest BCUT2D eigenvalue weighted by Gasteiger charge is 2.34. The molecule has 0 bridgehead atoms. The van der Waals surface area contributed by atoms with Crippen LogP contribution in [-0.4, -0.2) is 15.3 Å². The summed E-state index contributed by atoms with van der Waals surface area (Å²) in [5, 5.41) is 28.2. The van der Waals surface area contributed by atoms with Gasteiger partial charge in [-0.3, -0.25) is 0 Å². The number of hydrogen-bond donors (Lipinski definition) is 3. The number of aliphatic hydroxyl groups is 1. The van der Waals surface area contributed by atoms with Crippen LogP contribution in [0, 0.1) is 0 Å². The number of benzene rings is 1. The molecule has 14 heavy (non-hydrogen) atoms. The number of aromatic hydroxyl groups is 2. The maximum atomic E-state index is 9.62. The van der Waals surface area contributed by atoms with Gasteiger partial charge >= 0.3 is 0 Å². The minimum Gasteiger partial charge on any atom is -0.504 e. The SMILES string of the molecule is CC=Cc1c(O)c2c(c(O)c1CO)O2. The van der Waals surface area contributed by atoms with Gasteiger partial charge in [-0.25, -0.2) is 0 Å². The predicted molar refractivity (Wildman–Crippen MR) is 50.5 cm³/mol. The summed E-state index contributed by atoms with van der Waals surface area (Å²) >= 11 is 0. The van der Waals surface area contributed by atoms with Crippen molar-refractivity contribution in [3.8, 4) is 23.0 Å². The summed E-state index contributed by atoms with van der Waals surface area (Å²) in [6.07, 6.45) is 3.32. The largest absolute Gasteiger partial charge is 0.504 e. The van der Waals surface area contributed by atoms with Gasteiger partial charge in [0.05, 0.1) is 6.61 Å². The van der Waals surface area contributed by atoms with Crippen LogP contribution in [-0.2, 0) is 6.61 Å². The summed E-state index contributed by atoms with van der Waals surface area (Å²) in [7, 11) is 0. The number of aliphatic hydroxyl groups excluding tert-OH is 1. The van der Waals surface area contributed by atoms with E-state index < -0.39 is 0 Å². The Bertz CT molecular complexity index is 421. The number of allylic oxidation sites excluding steroid dienone is 1. The molecule has 4 nitrogen and oxygen atoms in total. The van der Waals surface area contributed by atoms with E-state index in [1.165, 1.54) is 0 Å². The van der Waals surface area contributed by atoms with Crippen LogP contribution in [0.25, 0.3) is 6.08 Å². The monoisotopic (exact) mass is 194 g/mol. The quantitative estimate of drug-likeness (QED) is 0.502. The molecule has 0 spiro atoms. The second kappa shape index (κ2) is 2.92. The van der Waals surface area contributed by atoms with E-state index in [9.17, 15) is 10.2 Å². The van der Waals surface area contributed by atoms with Crippen LogP contribution in [0.5, 0.6) is 23.0 Å². The lowest BCUT2D eigenvalue weighted by Gasteiger charge is -2.03. The van der Waals surface area contributed by atoms with Gasteiger partial charge in [-0.05, 0) is 6.92 Å². The van der Waals surface area contributed by atoms with E-state index >= 15 is 0 Å². The van der Waals surface area contributed by atoms with Crippen molar-refractivity contribution in [1.82, 2.24) is 0 Å². The first-order valence-corrected chi connectivity index (χ1v) is 4.22. The Labute approximate surface area is 80.7 Å². The lowest BCUT2D eigenvalue weighted by atomic mass is 10.1. The number of ether oxygens (including phenoxy) is 1. The first-order valence-electron chi connectivity index (χ1n) is 4.22. The molecule has 4 heteroatoms. The van der Waals surface area contributed by atoms with Gasteiger partial charge in [0.25, 0.3) is 0 Å². The van der Waals surface area contributed by atoms with Gasteiger partial charge in [0.1, 0.15) is 0 Å². The second-order valence-corrected chi connectivity index (χ2v) is 3.01. The molecule has 0 unspecified atom stereocenters. The fourth-order valence-corrected chi connectivity index (χ4v) is 1.42. The lowest BCUT2D eigenvalue weighted by molar-refractivity contribution is 0.274. The van der Waals surface area contributed by atoms with Crippen LogP contribution in [0.15, 0.2) is 6.08 Å². The van der Waals surface area contributed by atoms with Crippen LogP contribution in [0.2, 0.25) is 0 Å². The molecule has 1 heterocycles. The van der Waals surface area contributed by atoms with Crippen LogP contribution < -0.4 is 4.74 Å². The van der Waals surface area contributed by atoms with Crippen molar-refractivity contribution in [2.45, 2.75) is 13.5 Å². The third-order valence-electron chi connectivity index (χ3n) is 2.16. The number of phenolic OH excluding ortho intramolecular Hbond substituents is 1. The van der Waals surface area contributed by atoms with Crippen LogP contribution in [0.4, 0.5) is 0 Å². The molecular weight excluding hydrogens is 184 g/mol. The smallest absolute Gasteiger partial charge is 0.216 e. The molecule has 3 N–H and O–H groups in total. The van der Waals surface area contributed by atoms with Gasteiger partial charge in [-0.1, -0.05) is 12.2 Å². The zero-order valence-electron chi connectivity index (χ0n) is 7.61. The second-order valence-electron chi connectivity index (χ2n) is 3.01. The summed E-state index contributed by atoms with van der Waals surface area (Å²) in [5.41, 5.74) is 0.695. The van der Waals surface area contributed by atoms with Gasteiger partial charge in [0.2, 0.25) is 11.5 Å². The highest BCUT2D eigenvalue weighted by atomic mass is 16.6. The van der Waals surface area contributed by atoms with Gasteiger partial charge in [-0.2, -0.15) is 0 Å². The fraction of sp³-hybridized carbons (Fsp3) is 0.200. The van der Waals surface area contributed by atoms with Crippen molar-refractivity contribution in [3.05, 3.63) is 17.2 Å². The van der Waals surface area contributed by atoms with Crippen LogP contribution in [0.1, 0.15) is 18.1 Å². The van der Waals surface area contributed by atoms with Gasteiger partial charge in [0, 0.05) is 11.1 Å².